The number of carbonyl (C=O) groups is 1. The second-order valence-corrected chi connectivity index (χ2v) is 4.06. The average molecular weight is 197 g/mol. The molecular weight excluding hydrogens is 186 g/mol. The lowest BCUT2D eigenvalue weighted by Crippen LogP contribution is -2.39. The molecule has 0 atom stereocenters. The Labute approximate surface area is 80.2 Å². The number of hydrogen-bond acceptors (Lipinski definition) is 4. The molecule has 0 aromatic carbocycles. The van der Waals surface area contributed by atoms with Crippen LogP contribution in [0, 0.1) is 0 Å². The molecule has 1 heterocycles. The Morgan fingerprint density at radius 3 is 2.92 bits per heavy atom. The van der Waals surface area contributed by atoms with Gasteiger partial charge in [0.15, 0.2) is 5.13 Å². The summed E-state index contributed by atoms with van der Waals surface area (Å²) in [6, 6.07) is 0.357. The van der Waals surface area contributed by atoms with Gasteiger partial charge in [0.2, 0.25) is 0 Å². The molecule has 13 heavy (non-hydrogen) atoms. The molecular formula is C8H11N3OS. The van der Waals surface area contributed by atoms with Gasteiger partial charge in [0.05, 0.1) is 0 Å². The van der Waals surface area contributed by atoms with Crippen molar-refractivity contribution in [2.24, 2.45) is 0 Å². The standard InChI is InChI=1S/C8H11N3OS/c9-8-11-6(4-13-8)7(12)10-5-2-1-3-5/h4-5H,1-3H2,(H2,9,11)(H,10,12). The molecule has 5 heteroatoms. The summed E-state index contributed by atoms with van der Waals surface area (Å²) >= 11 is 1.29. The summed E-state index contributed by atoms with van der Waals surface area (Å²) in [6.45, 7) is 0. The zero-order chi connectivity index (χ0) is 9.26. The Balaban J connectivity index is 1.96. The molecule has 0 saturated heterocycles. The molecule has 0 unspecified atom stereocenters. The van der Waals surface area contributed by atoms with E-state index in [1.54, 1.807) is 5.38 Å². The molecule has 1 saturated carbocycles. The minimum Gasteiger partial charge on any atom is -0.375 e. The number of anilines is 1. The van der Waals surface area contributed by atoms with Crippen LogP contribution in [0.1, 0.15) is 29.8 Å². The molecule has 1 aromatic heterocycles. The lowest BCUT2D eigenvalue weighted by molar-refractivity contribution is 0.0912. The number of nitrogens with two attached hydrogens (primary N) is 1. The maximum Gasteiger partial charge on any atom is 0.271 e. The normalized spacial score (nSPS) is 16.6. The van der Waals surface area contributed by atoms with Crippen LogP contribution in [0.25, 0.3) is 0 Å². The fourth-order valence-electron chi connectivity index (χ4n) is 1.20. The van der Waals surface area contributed by atoms with E-state index in [1.807, 2.05) is 0 Å². The molecule has 1 aromatic rings. The number of aromatic nitrogens is 1. The lowest BCUT2D eigenvalue weighted by Gasteiger charge is -2.25. The van der Waals surface area contributed by atoms with Crippen molar-refractivity contribution in [3.63, 3.8) is 0 Å². The van der Waals surface area contributed by atoms with Crippen LogP contribution in [0.15, 0.2) is 5.38 Å². The first-order valence-corrected chi connectivity index (χ1v) is 5.15. The van der Waals surface area contributed by atoms with Crippen LogP contribution in [0.2, 0.25) is 0 Å². The van der Waals surface area contributed by atoms with Gasteiger partial charge in [0, 0.05) is 11.4 Å². The smallest absolute Gasteiger partial charge is 0.271 e. The number of hydrogen-bond donors (Lipinski definition) is 2. The number of thiazole rings is 1. The number of nitrogen functional groups attached to an aromatic ring is 1. The van der Waals surface area contributed by atoms with Gasteiger partial charge in [-0.15, -0.1) is 11.3 Å². The molecule has 3 N–H and O–H groups in total. The third-order valence-electron chi connectivity index (χ3n) is 2.19. The third-order valence-corrected chi connectivity index (χ3v) is 2.87. The molecule has 1 fully saturated rings. The highest BCUT2D eigenvalue weighted by atomic mass is 32.1. The van der Waals surface area contributed by atoms with Crippen molar-refractivity contribution in [3.8, 4) is 0 Å². The molecule has 70 valence electrons. The summed E-state index contributed by atoms with van der Waals surface area (Å²) in [5, 5.41) is 5.02. The van der Waals surface area contributed by atoms with E-state index < -0.39 is 0 Å². The molecule has 2 rings (SSSR count). The van der Waals surface area contributed by atoms with Crippen molar-refractivity contribution in [1.29, 1.82) is 0 Å². The van der Waals surface area contributed by atoms with Gasteiger partial charge in [-0.2, -0.15) is 0 Å². The zero-order valence-corrected chi connectivity index (χ0v) is 7.93. The molecule has 1 aliphatic carbocycles. The summed E-state index contributed by atoms with van der Waals surface area (Å²) in [5.74, 6) is -0.0994. The van der Waals surface area contributed by atoms with E-state index >= 15 is 0 Å². The topological polar surface area (TPSA) is 68.0 Å². The van der Waals surface area contributed by atoms with Crippen LogP contribution in [0.5, 0.6) is 0 Å². The van der Waals surface area contributed by atoms with Gasteiger partial charge < -0.3 is 11.1 Å². The molecule has 0 bridgehead atoms. The summed E-state index contributed by atoms with van der Waals surface area (Å²) < 4.78 is 0. The van der Waals surface area contributed by atoms with Crippen molar-refractivity contribution < 1.29 is 4.79 Å². The Bertz CT molecular complexity index is 319. The van der Waals surface area contributed by atoms with E-state index in [-0.39, 0.29) is 5.91 Å². The second-order valence-electron chi connectivity index (χ2n) is 3.17. The number of amides is 1. The lowest BCUT2D eigenvalue weighted by atomic mass is 9.93. The first-order valence-electron chi connectivity index (χ1n) is 4.27. The van der Waals surface area contributed by atoms with Crippen molar-refractivity contribution in [2.45, 2.75) is 25.3 Å². The minimum atomic E-state index is -0.0994. The highest BCUT2D eigenvalue weighted by Gasteiger charge is 2.20. The van der Waals surface area contributed by atoms with Crippen molar-refractivity contribution >= 4 is 22.4 Å². The largest absolute Gasteiger partial charge is 0.375 e. The van der Waals surface area contributed by atoms with E-state index in [9.17, 15) is 4.79 Å². The summed E-state index contributed by atoms with van der Waals surface area (Å²) in [7, 11) is 0. The highest BCUT2D eigenvalue weighted by Crippen LogP contribution is 2.19. The van der Waals surface area contributed by atoms with Crippen molar-refractivity contribution in [2.75, 3.05) is 5.73 Å². The average Bonchev–Trinajstić information content (AvgIpc) is 2.44. The minimum absolute atomic E-state index is 0.0994. The van der Waals surface area contributed by atoms with Gasteiger partial charge in [-0.3, -0.25) is 4.79 Å². The molecule has 0 spiro atoms. The van der Waals surface area contributed by atoms with Crippen LogP contribution in [-0.4, -0.2) is 16.9 Å². The van der Waals surface area contributed by atoms with Crippen LogP contribution in [-0.2, 0) is 0 Å². The first kappa shape index (κ1) is 8.50. The van der Waals surface area contributed by atoms with Crippen molar-refractivity contribution in [3.05, 3.63) is 11.1 Å². The highest BCUT2D eigenvalue weighted by molar-refractivity contribution is 7.13. The maximum absolute atomic E-state index is 11.4. The third kappa shape index (κ3) is 1.80. The van der Waals surface area contributed by atoms with E-state index in [0.29, 0.717) is 16.9 Å². The Kier molecular flexibility index (Phi) is 2.18. The van der Waals surface area contributed by atoms with Crippen LogP contribution in [0.3, 0.4) is 0 Å². The van der Waals surface area contributed by atoms with Gasteiger partial charge in [0.25, 0.3) is 5.91 Å². The molecule has 1 aliphatic rings. The van der Waals surface area contributed by atoms with Crippen molar-refractivity contribution in [1.82, 2.24) is 10.3 Å². The summed E-state index contributed by atoms with van der Waals surface area (Å²) in [4.78, 5) is 15.3. The Hall–Kier alpha value is -1.10. The zero-order valence-electron chi connectivity index (χ0n) is 7.12. The predicted molar refractivity (Wildman–Crippen MR) is 51.6 cm³/mol. The summed E-state index contributed by atoms with van der Waals surface area (Å²) in [6.07, 6.45) is 3.39. The maximum atomic E-state index is 11.4. The van der Waals surface area contributed by atoms with E-state index in [4.69, 9.17) is 5.73 Å². The van der Waals surface area contributed by atoms with Crippen LogP contribution < -0.4 is 11.1 Å². The fourth-order valence-corrected chi connectivity index (χ4v) is 1.75. The van der Waals surface area contributed by atoms with Gasteiger partial charge in [-0.25, -0.2) is 4.98 Å². The fraction of sp³-hybridized carbons (Fsp3) is 0.500. The van der Waals surface area contributed by atoms with Gasteiger partial charge in [-0.05, 0) is 19.3 Å². The quantitative estimate of drug-likeness (QED) is 0.743. The van der Waals surface area contributed by atoms with E-state index in [1.165, 1.54) is 17.8 Å². The predicted octanol–water partition coefficient (Wildman–Crippen LogP) is 1.01. The van der Waals surface area contributed by atoms with E-state index in [0.717, 1.165) is 12.8 Å². The van der Waals surface area contributed by atoms with Gasteiger partial charge >= 0.3 is 0 Å². The second kappa shape index (κ2) is 3.33. The molecule has 4 nitrogen and oxygen atoms in total. The molecule has 0 radical (unpaired) electrons. The Morgan fingerprint density at radius 2 is 2.46 bits per heavy atom. The van der Waals surface area contributed by atoms with Crippen LogP contribution in [0.4, 0.5) is 5.13 Å². The van der Waals surface area contributed by atoms with E-state index in [2.05, 4.69) is 10.3 Å². The van der Waals surface area contributed by atoms with Gasteiger partial charge in [-0.1, -0.05) is 0 Å². The number of rotatable bonds is 2. The monoisotopic (exact) mass is 197 g/mol. The van der Waals surface area contributed by atoms with Gasteiger partial charge in [0.1, 0.15) is 5.69 Å². The molecule has 1 amide bonds. The number of carbonyl (C=O) groups excluding carboxylic acids is 1. The first-order chi connectivity index (χ1) is 6.25. The number of nitrogens with zero attached hydrogens (tertiary/aromatic N) is 1. The Morgan fingerprint density at radius 1 is 1.69 bits per heavy atom. The molecule has 0 aliphatic heterocycles. The SMILES string of the molecule is Nc1nc(C(=O)NC2CCC2)cs1. The van der Waals surface area contributed by atoms with Crippen LogP contribution >= 0.6 is 11.3 Å². The number of nitrogens with one attached hydrogen (secondary N) is 1. The summed E-state index contributed by atoms with van der Waals surface area (Å²) in [5.41, 5.74) is 5.86.